The van der Waals surface area contributed by atoms with Crippen LogP contribution in [0.5, 0.6) is 0 Å². The summed E-state index contributed by atoms with van der Waals surface area (Å²) in [5, 5.41) is 13.9. The zero-order chi connectivity index (χ0) is 18.4. The summed E-state index contributed by atoms with van der Waals surface area (Å²) < 4.78 is 0. The summed E-state index contributed by atoms with van der Waals surface area (Å²) in [6, 6.07) is 11.7. The highest BCUT2D eigenvalue weighted by Crippen LogP contribution is 2.29. The van der Waals surface area contributed by atoms with Gasteiger partial charge in [-0.25, -0.2) is 0 Å². The SMILES string of the molecule is Cc1ccccc1CNC(=O)CSc1ccc(C(N)=O)cc1[N+](=O)[O-]. The maximum absolute atomic E-state index is 12.0. The fourth-order valence-electron chi connectivity index (χ4n) is 2.13. The van der Waals surface area contributed by atoms with Gasteiger partial charge in [0.05, 0.1) is 15.6 Å². The Morgan fingerprint density at radius 3 is 2.60 bits per heavy atom. The van der Waals surface area contributed by atoms with Gasteiger partial charge in [-0.1, -0.05) is 24.3 Å². The maximum atomic E-state index is 12.0. The molecule has 25 heavy (non-hydrogen) atoms. The van der Waals surface area contributed by atoms with E-state index in [1.54, 1.807) is 0 Å². The van der Waals surface area contributed by atoms with Crippen molar-refractivity contribution in [1.82, 2.24) is 5.32 Å². The summed E-state index contributed by atoms with van der Waals surface area (Å²) in [6.45, 7) is 2.36. The van der Waals surface area contributed by atoms with E-state index in [9.17, 15) is 19.7 Å². The van der Waals surface area contributed by atoms with E-state index in [0.717, 1.165) is 29.0 Å². The number of hydrogen-bond acceptors (Lipinski definition) is 5. The van der Waals surface area contributed by atoms with E-state index in [-0.39, 0.29) is 22.9 Å². The molecule has 7 nitrogen and oxygen atoms in total. The van der Waals surface area contributed by atoms with Crippen LogP contribution in [-0.2, 0) is 11.3 Å². The lowest BCUT2D eigenvalue weighted by atomic mass is 10.1. The van der Waals surface area contributed by atoms with Gasteiger partial charge in [-0.3, -0.25) is 19.7 Å². The predicted octanol–water partition coefficient (Wildman–Crippen LogP) is 2.41. The van der Waals surface area contributed by atoms with Gasteiger partial charge in [-0.15, -0.1) is 11.8 Å². The molecule has 0 spiro atoms. The second kappa shape index (κ2) is 8.29. The van der Waals surface area contributed by atoms with E-state index in [1.807, 2.05) is 31.2 Å². The van der Waals surface area contributed by atoms with E-state index >= 15 is 0 Å². The molecule has 2 rings (SSSR count). The molecule has 0 fully saturated rings. The second-order valence-electron chi connectivity index (χ2n) is 5.30. The van der Waals surface area contributed by atoms with Crippen molar-refractivity contribution in [3.8, 4) is 0 Å². The number of nitrogens with zero attached hydrogens (tertiary/aromatic N) is 1. The van der Waals surface area contributed by atoms with Crippen LogP contribution < -0.4 is 11.1 Å². The van der Waals surface area contributed by atoms with Crippen molar-refractivity contribution in [2.24, 2.45) is 5.73 Å². The average Bonchev–Trinajstić information content (AvgIpc) is 2.58. The molecule has 0 saturated heterocycles. The Bertz CT molecular complexity index is 823. The molecule has 0 bridgehead atoms. The molecule has 3 N–H and O–H groups in total. The Kier molecular flexibility index (Phi) is 6.13. The zero-order valence-electron chi connectivity index (χ0n) is 13.5. The molecule has 0 aliphatic rings. The predicted molar refractivity (Wildman–Crippen MR) is 95.4 cm³/mol. The Hall–Kier alpha value is -2.87. The van der Waals surface area contributed by atoms with Gasteiger partial charge in [0.15, 0.2) is 0 Å². The molecule has 0 heterocycles. The Balaban J connectivity index is 1.98. The number of aryl methyl sites for hydroxylation is 1. The highest BCUT2D eigenvalue weighted by molar-refractivity contribution is 8.00. The Morgan fingerprint density at radius 1 is 1.24 bits per heavy atom. The number of nitro groups is 1. The number of nitrogens with one attached hydrogen (secondary N) is 1. The first-order chi connectivity index (χ1) is 11.9. The largest absolute Gasteiger partial charge is 0.366 e. The van der Waals surface area contributed by atoms with Gasteiger partial charge < -0.3 is 11.1 Å². The monoisotopic (exact) mass is 359 g/mol. The van der Waals surface area contributed by atoms with Crippen molar-refractivity contribution in [1.29, 1.82) is 0 Å². The first-order valence-electron chi connectivity index (χ1n) is 7.40. The molecule has 8 heteroatoms. The number of nitro benzene ring substituents is 1. The van der Waals surface area contributed by atoms with E-state index in [4.69, 9.17) is 5.73 Å². The van der Waals surface area contributed by atoms with Crippen LogP contribution in [0.4, 0.5) is 5.69 Å². The molecule has 130 valence electrons. The smallest absolute Gasteiger partial charge is 0.283 e. The fourth-order valence-corrected chi connectivity index (χ4v) is 2.97. The van der Waals surface area contributed by atoms with E-state index in [0.29, 0.717) is 11.4 Å². The molecule has 0 radical (unpaired) electrons. The van der Waals surface area contributed by atoms with Gasteiger partial charge >= 0.3 is 0 Å². The van der Waals surface area contributed by atoms with Crippen molar-refractivity contribution < 1.29 is 14.5 Å². The molecule has 2 aromatic rings. The van der Waals surface area contributed by atoms with Gasteiger partial charge in [0, 0.05) is 18.2 Å². The summed E-state index contributed by atoms with van der Waals surface area (Å²) in [5.74, 6) is -0.944. The van der Waals surface area contributed by atoms with E-state index in [1.165, 1.54) is 12.1 Å². The third-order valence-electron chi connectivity index (χ3n) is 3.54. The lowest BCUT2D eigenvalue weighted by Gasteiger charge is -2.08. The summed E-state index contributed by atoms with van der Waals surface area (Å²) in [7, 11) is 0. The summed E-state index contributed by atoms with van der Waals surface area (Å²) in [4.78, 5) is 33.9. The minimum absolute atomic E-state index is 0.0304. The van der Waals surface area contributed by atoms with Gasteiger partial charge in [0.25, 0.3) is 5.69 Å². The summed E-state index contributed by atoms with van der Waals surface area (Å²) in [6.07, 6.45) is 0. The molecular formula is C17H17N3O4S. The topological polar surface area (TPSA) is 115 Å². The molecule has 0 aliphatic heterocycles. The van der Waals surface area contributed by atoms with Crippen LogP contribution in [0.25, 0.3) is 0 Å². The lowest BCUT2D eigenvalue weighted by Crippen LogP contribution is -2.24. The van der Waals surface area contributed by atoms with Crippen LogP contribution in [0.3, 0.4) is 0 Å². The number of nitrogens with two attached hydrogens (primary N) is 1. The van der Waals surface area contributed by atoms with Crippen LogP contribution in [0.2, 0.25) is 0 Å². The Morgan fingerprint density at radius 2 is 1.96 bits per heavy atom. The number of amides is 2. The summed E-state index contributed by atoms with van der Waals surface area (Å²) >= 11 is 1.04. The zero-order valence-corrected chi connectivity index (χ0v) is 14.3. The van der Waals surface area contributed by atoms with Gasteiger partial charge in [0.2, 0.25) is 11.8 Å². The number of carbonyl (C=O) groups is 2. The van der Waals surface area contributed by atoms with Crippen molar-refractivity contribution in [2.75, 3.05) is 5.75 Å². The molecule has 0 atom stereocenters. The first-order valence-corrected chi connectivity index (χ1v) is 8.39. The van der Waals surface area contributed by atoms with Crippen molar-refractivity contribution >= 4 is 29.3 Å². The number of rotatable bonds is 7. The minimum atomic E-state index is -0.740. The number of primary amides is 1. The van der Waals surface area contributed by atoms with Crippen molar-refractivity contribution in [2.45, 2.75) is 18.4 Å². The highest BCUT2D eigenvalue weighted by Gasteiger charge is 2.18. The van der Waals surface area contributed by atoms with Crippen LogP contribution in [0.15, 0.2) is 47.4 Å². The molecule has 0 saturated carbocycles. The minimum Gasteiger partial charge on any atom is -0.366 e. The Labute approximate surface area is 148 Å². The highest BCUT2D eigenvalue weighted by atomic mass is 32.2. The maximum Gasteiger partial charge on any atom is 0.283 e. The molecule has 0 aromatic heterocycles. The van der Waals surface area contributed by atoms with Crippen LogP contribution >= 0.6 is 11.8 Å². The fraction of sp³-hybridized carbons (Fsp3) is 0.176. The molecule has 0 aliphatic carbocycles. The van der Waals surface area contributed by atoms with E-state index in [2.05, 4.69) is 5.32 Å². The first kappa shape index (κ1) is 18.5. The normalized spacial score (nSPS) is 10.3. The van der Waals surface area contributed by atoms with Crippen LogP contribution in [0.1, 0.15) is 21.5 Å². The molecular weight excluding hydrogens is 342 g/mol. The van der Waals surface area contributed by atoms with Crippen molar-refractivity contribution in [3.05, 3.63) is 69.3 Å². The average molecular weight is 359 g/mol. The quantitative estimate of drug-likeness (QED) is 0.447. The third kappa shape index (κ3) is 5.05. The van der Waals surface area contributed by atoms with Gasteiger partial charge in [-0.2, -0.15) is 0 Å². The van der Waals surface area contributed by atoms with Gasteiger partial charge in [0.1, 0.15) is 0 Å². The number of thioether (sulfide) groups is 1. The van der Waals surface area contributed by atoms with Gasteiger partial charge in [-0.05, 0) is 30.2 Å². The van der Waals surface area contributed by atoms with Crippen LogP contribution in [-0.4, -0.2) is 22.5 Å². The lowest BCUT2D eigenvalue weighted by molar-refractivity contribution is -0.387. The second-order valence-corrected chi connectivity index (χ2v) is 6.31. The molecule has 2 aromatic carbocycles. The third-order valence-corrected chi connectivity index (χ3v) is 4.60. The standard InChI is InChI=1S/C17H17N3O4S/c1-11-4-2-3-5-13(11)9-19-16(21)10-25-15-7-6-12(17(18)22)8-14(15)20(23)24/h2-8H,9-10H2,1H3,(H2,18,22)(H,19,21). The number of carbonyl (C=O) groups excluding carboxylic acids is 2. The molecule has 0 unspecified atom stereocenters. The van der Waals surface area contributed by atoms with Crippen LogP contribution in [0, 0.1) is 17.0 Å². The van der Waals surface area contributed by atoms with Crippen molar-refractivity contribution in [3.63, 3.8) is 0 Å². The summed E-state index contributed by atoms with van der Waals surface area (Å²) in [5.41, 5.74) is 7.03. The number of hydrogen-bond donors (Lipinski definition) is 2. The number of benzene rings is 2. The molecule has 2 amide bonds. The van der Waals surface area contributed by atoms with E-state index < -0.39 is 10.8 Å².